The molecule has 6 nitrogen and oxygen atoms in total. The first-order valence-corrected chi connectivity index (χ1v) is 9.01. The predicted molar refractivity (Wildman–Crippen MR) is 104 cm³/mol. The van der Waals surface area contributed by atoms with E-state index < -0.39 is 5.97 Å². The average Bonchev–Trinajstić information content (AvgIpc) is 3.47. The third kappa shape index (κ3) is 3.17. The number of aromatic nitrogens is 1. The van der Waals surface area contributed by atoms with Gasteiger partial charge in [-0.05, 0) is 43.7 Å². The second kappa shape index (κ2) is 6.96. The van der Waals surface area contributed by atoms with Gasteiger partial charge in [0.25, 0.3) is 0 Å². The van der Waals surface area contributed by atoms with E-state index in [1.54, 1.807) is 6.08 Å². The van der Waals surface area contributed by atoms with Gasteiger partial charge < -0.3 is 14.3 Å². The number of ether oxygens (including phenoxy) is 1. The van der Waals surface area contributed by atoms with Crippen LogP contribution in [0.3, 0.4) is 0 Å². The Kier molecular flexibility index (Phi) is 4.47. The number of benzene rings is 1. The zero-order chi connectivity index (χ0) is 19.8. The van der Waals surface area contributed by atoms with Gasteiger partial charge in [-0.15, -0.1) is 0 Å². The number of hydrogen-bond acceptors (Lipinski definition) is 5. The fourth-order valence-corrected chi connectivity index (χ4v) is 3.43. The lowest BCUT2D eigenvalue weighted by molar-refractivity contribution is 0.0697. The summed E-state index contributed by atoms with van der Waals surface area (Å²) in [5, 5.41) is 9.39. The molecule has 0 bridgehead atoms. The molecule has 142 valence electrons. The third-order valence-corrected chi connectivity index (χ3v) is 4.88. The molecular weight excluding hydrogens is 358 g/mol. The Morgan fingerprint density at radius 1 is 1.36 bits per heavy atom. The Hall–Kier alpha value is -3.41. The Balaban J connectivity index is 1.81. The largest absolute Gasteiger partial charge is 0.482 e. The predicted octanol–water partition coefficient (Wildman–Crippen LogP) is 4.03. The SMILES string of the molecule is C=CCOc1c(C2CC2c2cccc(C)n2)oc2ccc(C(=O)O)cc2c1=O. The summed E-state index contributed by atoms with van der Waals surface area (Å²) in [5.41, 5.74) is 1.90. The monoisotopic (exact) mass is 377 g/mol. The molecule has 0 radical (unpaired) electrons. The summed E-state index contributed by atoms with van der Waals surface area (Å²) in [4.78, 5) is 28.8. The van der Waals surface area contributed by atoms with Crippen LogP contribution < -0.4 is 10.2 Å². The Labute approximate surface area is 161 Å². The molecule has 0 saturated heterocycles. The lowest BCUT2D eigenvalue weighted by atomic mass is 10.1. The molecule has 1 fully saturated rings. The molecule has 0 amide bonds. The van der Waals surface area contributed by atoms with Crippen molar-refractivity contribution >= 4 is 16.9 Å². The number of hydrogen-bond donors (Lipinski definition) is 1. The minimum absolute atomic E-state index is 0.00892. The second-order valence-electron chi connectivity index (χ2n) is 6.89. The highest BCUT2D eigenvalue weighted by molar-refractivity contribution is 5.93. The van der Waals surface area contributed by atoms with Crippen LogP contribution in [0.1, 0.15) is 45.8 Å². The standard InChI is InChI=1S/C22H19NO5/c1-3-9-27-21-19(24)16-10-13(22(25)26)7-8-18(16)28-20(21)15-11-14(15)17-6-4-5-12(2)23-17/h3-8,10,14-15H,1,9,11H2,2H3,(H,25,26). The first-order valence-electron chi connectivity index (χ1n) is 9.01. The van der Waals surface area contributed by atoms with E-state index in [0.29, 0.717) is 11.3 Å². The number of carboxylic acid groups (broad SMARTS) is 1. The third-order valence-electron chi connectivity index (χ3n) is 4.88. The van der Waals surface area contributed by atoms with Crippen LogP contribution in [-0.4, -0.2) is 22.7 Å². The molecule has 1 aromatic carbocycles. The molecule has 0 spiro atoms. The van der Waals surface area contributed by atoms with Gasteiger partial charge in [0.15, 0.2) is 5.76 Å². The van der Waals surface area contributed by atoms with E-state index in [1.165, 1.54) is 18.2 Å². The lowest BCUT2D eigenvalue weighted by Crippen LogP contribution is -2.12. The molecule has 2 aromatic heterocycles. The van der Waals surface area contributed by atoms with Gasteiger partial charge in [0.2, 0.25) is 11.2 Å². The number of pyridine rings is 1. The lowest BCUT2D eigenvalue weighted by Gasteiger charge is -2.11. The minimum atomic E-state index is -1.10. The smallest absolute Gasteiger partial charge is 0.335 e. The Bertz CT molecular complexity index is 1150. The highest BCUT2D eigenvalue weighted by Crippen LogP contribution is 2.56. The molecule has 2 atom stereocenters. The average molecular weight is 377 g/mol. The summed E-state index contributed by atoms with van der Waals surface area (Å²) in [6, 6.07) is 10.1. The van der Waals surface area contributed by atoms with Crippen molar-refractivity contribution in [2.45, 2.75) is 25.2 Å². The van der Waals surface area contributed by atoms with Gasteiger partial charge in [-0.25, -0.2) is 4.79 Å². The summed E-state index contributed by atoms with van der Waals surface area (Å²) in [6.45, 7) is 5.72. The van der Waals surface area contributed by atoms with E-state index in [1.807, 2.05) is 25.1 Å². The molecule has 1 aliphatic carbocycles. The van der Waals surface area contributed by atoms with Gasteiger partial charge in [-0.1, -0.05) is 18.7 Å². The van der Waals surface area contributed by atoms with Crippen molar-refractivity contribution < 1.29 is 19.1 Å². The van der Waals surface area contributed by atoms with Gasteiger partial charge in [-0.3, -0.25) is 9.78 Å². The van der Waals surface area contributed by atoms with Crippen LogP contribution in [-0.2, 0) is 0 Å². The van der Waals surface area contributed by atoms with Crippen LogP contribution in [0.2, 0.25) is 0 Å². The van der Waals surface area contributed by atoms with Crippen molar-refractivity contribution in [3.63, 3.8) is 0 Å². The quantitative estimate of drug-likeness (QED) is 0.652. The molecule has 1 saturated carbocycles. The summed E-state index contributed by atoms with van der Waals surface area (Å²) in [6.07, 6.45) is 2.36. The second-order valence-corrected chi connectivity index (χ2v) is 6.89. The molecule has 2 heterocycles. The number of aryl methyl sites for hydroxylation is 1. The highest BCUT2D eigenvalue weighted by Gasteiger charge is 2.45. The zero-order valence-corrected chi connectivity index (χ0v) is 15.3. The van der Waals surface area contributed by atoms with E-state index in [0.717, 1.165) is 17.8 Å². The zero-order valence-electron chi connectivity index (χ0n) is 15.3. The van der Waals surface area contributed by atoms with Crippen molar-refractivity contribution in [1.29, 1.82) is 0 Å². The van der Waals surface area contributed by atoms with Crippen molar-refractivity contribution in [2.75, 3.05) is 6.61 Å². The molecule has 3 aromatic rings. The van der Waals surface area contributed by atoms with Gasteiger partial charge in [0.1, 0.15) is 12.2 Å². The Morgan fingerprint density at radius 3 is 2.89 bits per heavy atom. The van der Waals surface area contributed by atoms with Gasteiger partial charge in [0, 0.05) is 23.2 Å². The van der Waals surface area contributed by atoms with Crippen LogP contribution in [0.15, 0.2) is 58.3 Å². The van der Waals surface area contributed by atoms with Gasteiger partial charge in [-0.2, -0.15) is 0 Å². The summed E-state index contributed by atoms with van der Waals surface area (Å²) >= 11 is 0. The maximum absolute atomic E-state index is 13.0. The molecular formula is C22H19NO5. The number of aromatic carboxylic acids is 1. The fourth-order valence-electron chi connectivity index (χ4n) is 3.43. The van der Waals surface area contributed by atoms with Gasteiger partial charge >= 0.3 is 5.97 Å². The highest BCUT2D eigenvalue weighted by atomic mass is 16.5. The van der Waals surface area contributed by atoms with Crippen LogP contribution in [0.25, 0.3) is 11.0 Å². The number of nitrogens with zero attached hydrogens (tertiary/aromatic N) is 1. The summed E-state index contributed by atoms with van der Waals surface area (Å²) in [5.74, 6) is -0.354. The number of carboxylic acids is 1. The van der Waals surface area contributed by atoms with Crippen LogP contribution in [0.4, 0.5) is 0 Å². The Morgan fingerprint density at radius 2 is 2.18 bits per heavy atom. The molecule has 0 aliphatic heterocycles. The minimum Gasteiger partial charge on any atom is -0.482 e. The maximum atomic E-state index is 13.0. The summed E-state index contributed by atoms with van der Waals surface area (Å²) in [7, 11) is 0. The van der Waals surface area contributed by atoms with E-state index in [4.69, 9.17) is 9.15 Å². The topological polar surface area (TPSA) is 89.6 Å². The fraction of sp³-hybridized carbons (Fsp3) is 0.227. The molecule has 2 unspecified atom stereocenters. The van der Waals surface area contributed by atoms with Crippen LogP contribution in [0, 0.1) is 6.92 Å². The van der Waals surface area contributed by atoms with Crippen molar-refractivity contribution in [3.05, 3.63) is 82.0 Å². The number of fused-ring (bicyclic) bond motifs is 1. The van der Waals surface area contributed by atoms with Gasteiger partial charge in [0.05, 0.1) is 10.9 Å². The van der Waals surface area contributed by atoms with Crippen LogP contribution >= 0.6 is 0 Å². The molecule has 4 rings (SSSR count). The number of rotatable bonds is 6. The van der Waals surface area contributed by atoms with Crippen LogP contribution in [0.5, 0.6) is 5.75 Å². The molecule has 6 heteroatoms. The number of carbonyl (C=O) groups is 1. The summed E-state index contributed by atoms with van der Waals surface area (Å²) < 4.78 is 11.7. The van der Waals surface area contributed by atoms with Crippen molar-refractivity contribution in [2.24, 2.45) is 0 Å². The normalized spacial score (nSPS) is 18.0. The molecule has 28 heavy (non-hydrogen) atoms. The van der Waals surface area contributed by atoms with E-state index in [-0.39, 0.29) is 40.6 Å². The van der Waals surface area contributed by atoms with E-state index in [9.17, 15) is 14.7 Å². The molecule has 1 aliphatic rings. The first kappa shape index (κ1) is 18.0. The van der Waals surface area contributed by atoms with Crippen molar-refractivity contribution in [1.82, 2.24) is 4.98 Å². The van der Waals surface area contributed by atoms with E-state index in [2.05, 4.69) is 11.6 Å². The van der Waals surface area contributed by atoms with E-state index >= 15 is 0 Å². The molecule has 1 N–H and O–H groups in total. The van der Waals surface area contributed by atoms with Crippen molar-refractivity contribution in [3.8, 4) is 5.75 Å². The maximum Gasteiger partial charge on any atom is 0.335 e. The first-order chi connectivity index (χ1) is 13.5.